The fourth-order valence-corrected chi connectivity index (χ4v) is 3.38. The molecule has 5 heteroatoms. The summed E-state index contributed by atoms with van der Waals surface area (Å²) in [7, 11) is 0. The molecule has 0 saturated carbocycles. The Morgan fingerprint density at radius 1 is 1.42 bits per heavy atom. The first-order chi connectivity index (χ1) is 8.75. The molecule has 0 radical (unpaired) electrons. The van der Waals surface area contributed by atoms with Gasteiger partial charge in [-0.2, -0.15) is 0 Å². The van der Waals surface area contributed by atoms with Gasteiger partial charge >= 0.3 is 0 Å². The van der Waals surface area contributed by atoms with Gasteiger partial charge in [0.05, 0.1) is 5.92 Å². The van der Waals surface area contributed by atoms with Crippen LogP contribution in [0.5, 0.6) is 0 Å². The second-order valence-corrected chi connectivity index (χ2v) is 5.93. The molecule has 1 fully saturated rings. The first kappa shape index (κ1) is 14.8. The zero-order valence-electron chi connectivity index (χ0n) is 10.7. The Labute approximate surface area is 128 Å². The zero-order chi connectivity index (χ0) is 12.5. The van der Waals surface area contributed by atoms with E-state index in [1.807, 2.05) is 4.90 Å². The quantitative estimate of drug-likeness (QED) is 0.847. The highest BCUT2D eigenvalue weighted by Gasteiger charge is 2.29. The molecule has 0 spiro atoms. The molecule has 1 unspecified atom stereocenters. The van der Waals surface area contributed by atoms with Crippen LogP contribution in [0.3, 0.4) is 0 Å². The first-order valence-corrected chi connectivity index (χ1v) is 7.31. The third-order valence-electron chi connectivity index (χ3n) is 3.94. The van der Waals surface area contributed by atoms with Crippen molar-refractivity contribution in [2.75, 3.05) is 19.6 Å². The van der Waals surface area contributed by atoms with Crippen LogP contribution in [0.15, 0.2) is 22.7 Å². The van der Waals surface area contributed by atoms with Crippen LogP contribution >= 0.6 is 28.3 Å². The van der Waals surface area contributed by atoms with E-state index in [0.29, 0.717) is 5.91 Å². The molecule has 2 aliphatic rings. The summed E-state index contributed by atoms with van der Waals surface area (Å²) in [4.78, 5) is 14.4. The summed E-state index contributed by atoms with van der Waals surface area (Å²) in [5, 5.41) is 3.27. The Kier molecular flexibility index (Phi) is 4.87. The van der Waals surface area contributed by atoms with Gasteiger partial charge < -0.3 is 10.2 Å². The summed E-state index contributed by atoms with van der Waals surface area (Å²) in [5.74, 6) is 0.510. The van der Waals surface area contributed by atoms with Crippen LogP contribution in [0.4, 0.5) is 0 Å². The van der Waals surface area contributed by atoms with E-state index in [4.69, 9.17) is 0 Å². The van der Waals surface area contributed by atoms with Crippen LogP contribution in [0, 0.1) is 5.92 Å². The molecule has 3 nitrogen and oxygen atoms in total. The Hall–Kier alpha value is -0.580. The van der Waals surface area contributed by atoms with E-state index < -0.39 is 0 Å². The Morgan fingerprint density at radius 3 is 3.00 bits per heavy atom. The van der Waals surface area contributed by atoms with Gasteiger partial charge in [-0.05, 0) is 36.6 Å². The van der Waals surface area contributed by atoms with Crippen molar-refractivity contribution in [3.63, 3.8) is 0 Å². The van der Waals surface area contributed by atoms with Crippen molar-refractivity contribution >= 4 is 34.2 Å². The van der Waals surface area contributed by atoms with Crippen LogP contribution in [0.25, 0.3) is 0 Å². The van der Waals surface area contributed by atoms with Crippen molar-refractivity contribution in [3.05, 3.63) is 33.8 Å². The SMILES string of the molecule is Cl.O=C(C1CCNC1)N1CCc2cccc(Br)c2C1. The average molecular weight is 346 g/mol. The minimum atomic E-state index is 0. The van der Waals surface area contributed by atoms with Crippen molar-refractivity contribution in [1.29, 1.82) is 0 Å². The van der Waals surface area contributed by atoms with Gasteiger partial charge in [-0.15, -0.1) is 12.4 Å². The predicted molar refractivity (Wildman–Crippen MR) is 81.5 cm³/mol. The maximum absolute atomic E-state index is 12.4. The first-order valence-electron chi connectivity index (χ1n) is 6.51. The summed E-state index contributed by atoms with van der Waals surface area (Å²) in [6.07, 6.45) is 1.96. The predicted octanol–water partition coefficient (Wildman–Crippen LogP) is 2.37. The number of nitrogens with zero attached hydrogens (tertiary/aromatic N) is 1. The number of carbonyl (C=O) groups is 1. The highest BCUT2D eigenvalue weighted by atomic mass is 79.9. The topological polar surface area (TPSA) is 32.3 Å². The van der Waals surface area contributed by atoms with Crippen LogP contribution in [-0.4, -0.2) is 30.4 Å². The second kappa shape index (κ2) is 6.25. The maximum atomic E-state index is 12.4. The van der Waals surface area contributed by atoms with Crippen molar-refractivity contribution < 1.29 is 4.79 Å². The lowest BCUT2D eigenvalue weighted by Crippen LogP contribution is -2.40. The number of halogens is 2. The smallest absolute Gasteiger partial charge is 0.227 e. The number of benzene rings is 1. The molecule has 1 saturated heterocycles. The van der Waals surface area contributed by atoms with Gasteiger partial charge in [-0.25, -0.2) is 0 Å². The van der Waals surface area contributed by atoms with Crippen molar-refractivity contribution in [2.45, 2.75) is 19.4 Å². The van der Waals surface area contributed by atoms with Crippen LogP contribution in [0.2, 0.25) is 0 Å². The number of fused-ring (bicyclic) bond motifs is 1. The minimum Gasteiger partial charge on any atom is -0.338 e. The largest absolute Gasteiger partial charge is 0.338 e. The van der Waals surface area contributed by atoms with E-state index in [9.17, 15) is 4.79 Å². The van der Waals surface area contributed by atoms with E-state index in [0.717, 1.165) is 43.5 Å². The van der Waals surface area contributed by atoms with Crippen molar-refractivity contribution in [2.24, 2.45) is 5.92 Å². The molecule has 0 bridgehead atoms. The fraction of sp³-hybridized carbons (Fsp3) is 0.500. The normalized spacial score (nSPS) is 21.7. The molecular weight excluding hydrogens is 328 g/mol. The minimum absolute atomic E-state index is 0. The lowest BCUT2D eigenvalue weighted by Gasteiger charge is -2.31. The van der Waals surface area contributed by atoms with E-state index in [1.54, 1.807) is 0 Å². The fourth-order valence-electron chi connectivity index (χ4n) is 2.85. The van der Waals surface area contributed by atoms with Gasteiger partial charge in [0.2, 0.25) is 5.91 Å². The number of nitrogens with one attached hydrogen (secondary N) is 1. The summed E-state index contributed by atoms with van der Waals surface area (Å²) in [6, 6.07) is 6.30. The van der Waals surface area contributed by atoms with Gasteiger partial charge in [0.15, 0.2) is 0 Å². The summed E-state index contributed by atoms with van der Waals surface area (Å²) < 4.78 is 1.13. The molecule has 1 atom stereocenters. The van der Waals surface area contributed by atoms with Gasteiger partial charge in [0, 0.05) is 24.1 Å². The maximum Gasteiger partial charge on any atom is 0.227 e. The van der Waals surface area contributed by atoms with E-state index in [2.05, 4.69) is 39.4 Å². The molecule has 3 rings (SSSR count). The number of hydrogen-bond acceptors (Lipinski definition) is 2. The highest BCUT2D eigenvalue weighted by Crippen LogP contribution is 2.27. The van der Waals surface area contributed by atoms with Gasteiger partial charge in [-0.1, -0.05) is 28.1 Å². The molecule has 1 aromatic rings. The molecule has 2 aliphatic heterocycles. The monoisotopic (exact) mass is 344 g/mol. The van der Waals surface area contributed by atoms with Gasteiger partial charge in [-0.3, -0.25) is 4.79 Å². The van der Waals surface area contributed by atoms with Crippen LogP contribution < -0.4 is 5.32 Å². The molecule has 1 N–H and O–H groups in total. The van der Waals surface area contributed by atoms with E-state index >= 15 is 0 Å². The van der Waals surface area contributed by atoms with E-state index in [1.165, 1.54) is 11.1 Å². The molecule has 1 aromatic carbocycles. The summed E-state index contributed by atoms with van der Waals surface area (Å²) in [5.41, 5.74) is 2.65. The highest BCUT2D eigenvalue weighted by molar-refractivity contribution is 9.10. The lowest BCUT2D eigenvalue weighted by atomic mass is 9.98. The van der Waals surface area contributed by atoms with Crippen LogP contribution in [0.1, 0.15) is 17.5 Å². The van der Waals surface area contributed by atoms with Crippen LogP contribution in [-0.2, 0) is 17.8 Å². The lowest BCUT2D eigenvalue weighted by molar-refractivity contribution is -0.135. The Morgan fingerprint density at radius 2 is 2.26 bits per heavy atom. The molecule has 0 aromatic heterocycles. The van der Waals surface area contributed by atoms with E-state index in [-0.39, 0.29) is 18.3 Å². The summed E-state index contributed by atoms with van der Waals surface area (Å²) >= 11 is 3.59. The number of hydrogen-bond donors (Lipinski definition) is 1. The van der Waals surface area contributed by atoms with Crippen molar-refractivity contribution in [1.82, 2.24) is 10.2 Å². The van der Waals surface area contributed by atoms with Crippen molar-refractivity contribution in [3.8, 4) is 0 Å². The number of carbonyl (C=O) groups excluding carboxylic acids is 1. The zero-order valence-corrected chi connectivity index (χ0v) is 13.1. The Bertz CT molecular complexity index is 475. The molecule has 0 aliphatic carbocycles. The molecule has 1 amide bonds. The third-order valence-corrected chi connectivity index (χ3v) is 4.68. The molecule has 19 heavy (non-hydrogen) atoms. The second-order valence-electron chi connectivity index (χ2n) is 5.08. The average Bonchev–Trinajstić information content (AvgIpc) is 2.92. The van der Waals surface area contributed by atoms with Gasteiger partial charge in [0.1, 0.15) is 0 Å². The molecule has 104 valence electrons. The third kappa shape index (κ3) is 2.96. The number of amides is 1. The van der Waals surface area contributed by atoms with Gasteiger partial charge in [0.25, 0.3) is 0 Å². The summed E-state index contributed by atoms with van der Waals surface area (Å²) in [6.45, 7) is 3.44. The molecule has 2 heterocycles. The Balaban J connectivity index is 0.00000133. The molecular formula is C14H18BrClN2O. The standard InChI is InChI=1S/C14H17BrN2O.ClH/c15-13-3-1-2-10-5-7-17(9-12(10)13)14(18)11-4-6-16-8-11;/h1-3,11,16H,4-9H2;1H. The number of rotatable bonds is 1.